The lowest BCUT2D eigenvalue weighted by molar-refractivity contribution is 0.210. The van der Waals surface area contributed by atoms with Crippen LogP contribution in [0.5, 0.6) is 0 Å². The van der Waals surface area contributed by atoms with Gasteiger partial charge in [-0.2, -0.15) is 0 Å². The maximum atomic E-state index is 6.35. The Hall–Kier alpha value is -0.0900. The molecule has 18 heavy (non-hydrogen) atoms. The third kappa shape index (κ3) is 3.47. The van der Waals surface area contributed by atoms with E-state index >= 15 is 0 Å². The summed E-state index contributed by atoms with van der Waals surface area (Å²) in [6.45, 7) is 2.89. The number of nitrogens with two attached hydrogens (primary N) is 1. The number of benzene rings is 1. The molecular formula is C14H20BrClN2. The zero-order valence-corrected chi connectivity index (χ0v) is 12.9. The minimum atomic E-state index is 0.253. The highest BCUT2D eigenvalue weighted by Crippen LogP contribution is 2.30. The number of halogens is 2. The SMILES string of the molecule is NCC(c1ccc(Br)cc1Cl)N1CCCCCC1. The van der Waals surface area contributed by atoms with Crippen molar-refractivity contribution < 1.29 is 0 Å². The van der Waals surface area contributed by atoms with E-state index in [4.69, 9.17) is 17.3 Å². The molecule has 1 aliphatic rings. The topological polar surface area (TPSA) is 29.3 Å². The third-order valence-electron chi connectivity index (χ3n) is 3.63. The first kappa shape index (κ1) is 14.3. The van der Waals surface area contributed by atoms with Gasteiger partial charge in [-0.3, -0.25) is 4.90 Å². The molecule has 2 N–H and O–H groups in total. The van der Waals surface area contributed by atoms with Crippen LogP contribution in [0.15, 0.2) is 22.7 Å². The molecule has 1 heterocycles. The van der Waals surface area contributed by atoms with Gasteiger partial charge in [-0.15, -0.1) is 0 Å². The Morgan fingerprint density at radius 2 is 1.89 bits per heavy atom. The Morgan fingerprint density at radius 1 is 1.22 bits per heavy atom. The molecule has 1 aromatic rings. The van der Waals surface area contributed by atoms with Gasteiger partial charge in [0.15, 0.2) is 0 Å². The van der Waals surface area contributed by atoms with Gasteiger partial charge >= 0.3 is 0 Å². The second-order valence-electron chi connectivity index (χ2n) is 4.87. The van der Waals surface area contributed by atoms with Gasteiger partial charge in [0.2, 0.25) is 0 Å². The van der Waals surface area contributed by atoms with Crippen molar-refractivity contribution in [2.45, 2.75) is 31.7 Å². The molecule has 0 amide bonds. The molecule has 2 nitrogen and oxygen atoms in total. The molecule has 0 saturated carbocycles. The van der Waals surface area contributed by atoms with Crippen LogP contribution in [-0.4, -0.2) is 24.5 Å². The minimum absolute atomic E-state index is 0.253. The average molecular weight is 332 g/mol. The van der Waals surface area contributed by atoms with Crippen molar-refractivity contribution in [3.63, 3.8) is 0 Å². The Kier molecular flexibility index (Phi) is 5.49. The van der Waals surface area contributed by atoms with Crippen molar-refractivity contribution in [3.8, 4) is 0 Å². The first-order chi connectivity index (χ1) is 8.72. The van der Waals surface area contributed by atoms with Crippen LogP contribution in [0.1, 0.15) is 37.3 Å². The predicted octanol–water partition coefficient (Wildman–Crippen LogP) is 3.98. The summed E-state index contributed by atoms with van der Waals surface area (Å²) in [7, 11) is 0. The molecule has 1 atom stereocenters. The monoisotopic (exact) mass is 330 g/mol. The molecule has 1 unspecified atom stereocenters. The summed E-state index contributed by atoms with van der Waals surface area (Å²) < 4.78 is 1.02. The van der Waals surface area contributed by atoms with Gasteiger partial charge < -0.3 is 5.73 Å². The van der Waals surface area contributed by atoms with Gasteiger partial charge in [0, 0.05) is 22.1 Å². The van der Waals surface area contributed by atoms with Crippen molar-refractivity contribution in [3.05, 3.63) is 33.3 Å². The summed E-state index contributed by atoms with van der Waals surface area (Å²) in [5, 5.41) is 0.809. The highest BCUT2D eigenvalue weighted by molar-refractivity contribution is 9.10. The number of hydrogen-bond acceptors (Lipinski definition) is 2. The quantitative estimate of drug-likeness (QED) is 0.908. The van der Waals surface area contributed by atoms with Crippen LogP contribution in [0.4, 0.5) is 0 Å². The Morgan fingerprint density at radius 3 is 2.44 bits per heavy atom. The molecule has 0 aliphatic carbocycles. The number of likely N-dealkylation sites (tertiary alicyclic amines) is 1. The van der Waals surface area contributed by atoms with Crippen molar-refractivity contribution in [1.82, 2.24) is 4.90 Å². The second kappa shape index (κ2) is 6.90. The summed E-state index contributed by atoms with van der Waals surface area (Å²) in [5.41, 5.74) is 7.14. The molecule has 0 aromatic heterocycles. The molecule has 1 saturated heterocycles. The van der Waals surface area contributed by atoms with E-state index in [0.717, 1.165) is 28.1 Å². The average Bonchev–Trinajstić information content (AvgIpc) is 2.62. The van der Waals surface area contributed by atoms with Gasteiger partial charge in [-0.25, -0.2) is 0 Å². The third-order valence-corrected chi connectivity index (χ3v) is 4.45. The van der Waals surface area contributed by atoms with Gasteiger partial charge in [0.25, 0.3) is 0 Å². The second-order valence-corrected chi connectivity index (χ2v) is 6.19. The van der Waals surface area contributed by atoms with Crippen molar-refractivity contribution in [2.75, 3.05) is 19.6 Å². The van der Waals surface area contributed by atoms with Crippen LogP contribution in [0.3, 0.4) is 0 Å². The number of nitrogens with zero attached hydrogens (tertiary/aromatic N) is 1. The molecule has 1 aromatic carbocycles. The highest BCUT2D eigenvalue weighted by atomic mass is 79.9. The molecule has 2 rings (SSSR count). The van der Waals surface area contributed by atoms with Gasteiger partial charge in [0.05, 0.1) is 0 Å². The first-order valence-electron chi connectivity index (χ1n) is 6.61. The molecule has 0 bridgehead atoms. The molecule has 1 fully saturated rings. The van der Waals surface area contributed by atoms with E-state index in [1.807, 2.05) is 12.1 Å². The lowest BCUT2D eigenvalue weighted by atomic mass is 10.0. The van der Waals surface area contributed by atoms with Gasteiger partial charge in [-0.05, 0) is 43.6 Å². The normalized spacial score (nSPS) is 19.5. The smallest absolute Gasteiger partial charge is 0.0485 e. The maximum absolute atomic E-state index is 6.35. The van der Waals surface area contributed by atoms with Gasteiger partial charge in [-0.1, -0.05) is 46.4 Å². The maximum Gasteiger partial charge on any atom is 0.0485 e. The minimum Gasteiger partial charge on any atom is -0.329 e. The lowest BCUT2D eigenvalue weighted by Crippen LogP contribution is -2.34. The fourth-order valence-electron chi connectivity index (χ4n) is 2.65. The predicted molar refractivity (Wildman–Crippen MR) is 81.0 cm³/mol. The van der Waals surface area contributed by atoms with Crippen LogP contribution < -0.4 is 5.73 Å². The molecule has 1 aliphatic heterocycles. The number of hydrogen-bond donors (Lipinski definition) is 1. The van der Waals surface area contributed by atoms with E-state index in [9.17, 15) is 0 Å². The Labute approximate surface area is 123 Å². The van der Waals surface area contributed by atoms with E-state index in [-0.39, 0.29) is 6.04 Å². The fraction of sp³-hybridized carbons (Fsp3) is 0.571. The number of rotatable bonds is 3. The fourth-order valence-corrected chi connectivity index (χ4v) is 3.45. The zero-order chi connectivity index (χ0) is 13.0. The molecule has 0 spiro atoms. The summed E-state index contributed by atoms with van der Waals surface area (Å²) in [5.74, 6) is 0. The Bertz CT molecular complexity index is 389. The molecular weight excluding hydrogens is 312 g/mol. The summed E-state index contributed by atoms with van der Waals surface area (Å²) in [6.07, 6.45) is 5.21. The first-order valence-corrected chi connectivity index (χ1v) is 7.78. The summed E-state index contributed by atoms with van der Waals surface area (Å²) in [4.78, 5) is 2.49. The largest absolute Gasteiger partial charge is 0.329 e. The lowest BCUT2D eigenvalue weighted by Gasteiger charge is -2.30. The van der Waals surface area contributed by atoms with Crippen LogP contribution in [-0.2, 0) is 0 Å². The van der Waals surface area contributed by atoms with Crippen LogP contribution >= 0.6 is 27.5 Å². The van der Waals surface area contributed by atoms with Gasteiger partial charge in [0.1, 0.15) is 0 Å². The molecule has 0 radical (unpaired) electrons. The van der Waals surface area contributed by atoms with Crippen molar-refractivity contribution in [1.29, 1.82) is 0 Å². The summed E-state index contributed by atoms with van der Waals surface area (Å²) >= 11 is 9.80. The molecule has 4 heteroatoms. The van der Waals surface area contributed by atoms with Crippen LogP contribution in [0.2, 0.25) is 5.02 Å². The van der Waals surface area contributed by atoms with E-state index in [1.165, 1.54) is 25.7 Å². The molecule has 100 valence electrons. The van der Waals surface area contributed by atoms with Crippen molar-refractivity contribution >= 4 is 27.5 Å². The zero-order valence-electron chi connectivity index (χ0n) is 10.5. The van der Waals surface area contributed by atoms with E-state index in [2.05, 4.69) is 26.9 Å². The van der Waals surface area contributed by atoms with E-state index in [1.54, 1.807) is 0 Å². The highest BCUT2D eigenvalue weighted by Gasteiger charge is 2.22. The summed E-state index contributed by atoms with van der Waals surface area (Å²) in [6, 6.07) is 6.34. The standard InChI is InChI=1S/C14H20BrClN2/c15-11-5-6-12(13(16)9-11)14(10-17)18-7-3-1-2-4-8-18/h5-6,9,14H,1-4,7-8,10,17H2. The van der Waals surface area contributed by atoms with E-state index < -0.39 is 0 Å². The van der Waals surface area contributed by atoms with Crippen LogP contribution in [0, 0.1) is 0 Å². The van der Waals surface area contributed by atoms with Crippen molar-refractivity contribution in [2.24, 2.45) is 5.73 Å². The van der Waals surface area contributed by atoms with E-state index in [0.29, 0.717) is 6.54 Å². The Balaban J connectivity index is 2.20. The van der Waals surface area contributed by atoms with Crippen LogP contribution in [0.25, 0.3) is 0 Å².